The van der Waals surface area contributed by atoms with Gasteiger partial charge in [0.1, 0.15) is 6.04 Å². The van der Waals surface area contributed by atoms with E-state index in [9.17, 15) is 14.9 Å². The quantitative estimate of drug-likeness (QED) is 0.363. The molecule has 34 heavy (non-hydrogen) atoms. The van der Waals surface area contributed by atoms with E-state index in [1.807, 2.05) is 54.6 Å². The summed E-state index contributed by atoms with van der Waals surface area (Å²) in [5, 5.41) is 14.9. The van der Waals surface area contributed by atoms with E-state index in [-0.39, 0.29) is 24.0 Å². The third kappa shape index (κ3) is 5.02. The Labute approximate surface area is 198 Å². The number of carbonyl (C=O) groups excluding carboxylic acids is 1. The van der Waals surface area contributed by atoms with Crippen molar-refractivity contribution in [1.29, 1.82) is 0 Å². The van der Waals surface area contributed by atoms with Gasteiger partial charge >= 0.3 is 0 Å². The molecule has 1 aliphatic heterocycles. The van der Waals surface area contributed by atoms with Crippen molar-refractivity contribution in [1.82, 2.24) is 4.90 Å². The molecular formula is C26H27N3O5. The molecule has 1 atom stereocenters. The van der Waals surface area contributed by atoms with Gasteiger partial charge in [-0.2, -0.15) is 0 Å². The fraction of sp³-hybridized carbons (Fsp3) is 0.269. The Kier molecular flexibility index (Phi) is 6.79. The monoisotopic (exact) mass is 461 g/mol. The predicted molar refractivity (Wildman–Crippen MR) is 129 cm³/mol. The van der Waals surface area contributed by atoms with Crippen LogP contribution in [0.3, 0.4) is 0 Å². The van der Waals surface area contributed by atoms with Crippen molar-refractivity contribution in [2.24, 2.45) is 0 Å². The maximum atomic E-state index is 13.6. The molecule has 1 amide bonds. The van der Waals surface area contributed by atoms with Crippen LogP contribution in [0.5, 0.6) is 11.5 Å². The molecule has 0 bridgehead atoms. The van der Waals surface area contributed by atoms with Gasteiger partial charge in [0.15, 0.2) is 11.5 Å². The maximum Gasteiger partial charge on any atom is 0.278 e. The fourth-order valence-corrected chi connectivity index (χ4v) is 4.03. The van der Waals surface area contributed by atoms with E-state index in [2.05, 4.69) is 19.2 Å². The number of fused-ring (bicyclic) bond motifs is 1. The average molecular weight is 462 g/mol. The first kappa shape index (κ1) is 23.3. The van der Waals surface area contributed by atoms with Crippen LogP contribution in [0, 0.1) is 10.1 Å². The number of ether oxygens (including phenoxy) is 2. The van der Waals surface area contributed by atoms with E-state index >= 15 is 0 Å². The number of hydrogen-bond donors (Lipinski definition) is 1. The zero-order valence-electron chi connectivity index (χ0n) is 19.4. The van der Waals surface area contributed by atoms with Gasteiger partial charge in [-0.1, -0.05) is 56.3 Å². The van der Waals surface area contributed by atoms with Gasteiger partial charge in [-0.25, -0.2) is 0 Å². The molecule has 0 aromatic heterocycles. The summed E-state index contributed by atoms with van der Waals surface area (Å²) in [7, 11) is 1.77. The lowest BCUT2D eigenvalue weighted by Crippen LogP contribution is -2.35. The summed E-state index contributed by atoms with van der Waals surface area (Å²) in [6, 6.07) is 19.2. The van der Waals surface area contributed by atoms with Crippen molar-refractivity contribution in [3.8, 4) is 11.5 Å². The number of nitrogens with zero attached hydrogens (tertiary/aromatic N) is 2. The average Bonchev–Trinajstić information content (AvgIpc) is 3.27. The second kappa shape index (κ2) is 9.93. The molecule has 1 N–H and O–H groups in total. The molecule has 0 radical (unpaired) electrons. The highest BCUT2D eigenvalue weighted by Crippen LogP contribution is 2.42. The molecule has 1 heterocycles. The minimum Gasteiger partial charge on any atom is -0.454 e. The number of benzene rings is 3. The highest BCUT2D eigenvalue weighted by molar-refractivity contribution is 5.96. The van der Waals surface area contributed by atoms with Gasteiger partial charge in [0.05, 0.1) is 16.6 Å². The minimum absolute atomic E-state index is 0.0190. The van der Waals surface area contributed by atoms with Crippen LogP contribution in [-0.4, -0.2) is 29.6 Å². The summed E-state index contributed by atoms with van der Waals surface area (Å²) in [5.74, 6) is 0.667. The van der Waals surface area contributed by atoms with Crippen molar-refractivity contribution < 1.29 is 19.2 Å². The van der Waals surface area contributed by atoms with E-state index in [1.54, 1.807) is 11.9 Å². The van der Waals surface area contributed by atoms with Gasteiger partial charge in [-0.05, 0) is 42.3 Å². The Morgan fingerprint density at radius 1 is 1.06 bits per heavy atom. The fourth-order valence-electron chi connectivity index (χ4n) is 4.03. The number of likely N-dealkylation sites (N-methyl/N-ethyl adjacent to an activating group) is 1. The lowest BCUT2D eigenvalue weighted by atomic mass is 10.00. The smallest absolute Gasteiger partial charge is 0.278 e. The van der Waals surface area contributed by atoms with Crippen molar-refractivity contribution in [2.75, 3.05) is 19.2 Å². The molecule has 3 aromatic carbocycles. The lowest BCUT2D eigenvalue weighted by molar-refractivity contribution is -0.385. The Hall–Kier alpha value is -3.91. The Morgan fingerprint density at radius 3 is 2.32 bits per heavy atom. The first-order chi connectivity index (χ1) is 16.3. The lowest BCUT2D eigenvalue weighted by Gasteiger charge is -2.27. The van der Waals surface area contributed by atoms with Crippen LogP contribution >= 0.6 is 0 Å². The highest BCUT2D eigenvalue weighted by atomic mass is 16.7. The summed E-state index contributed by atoms with van der Waals surface area (Å²) in [5.41, 5.74) is 2.80. The molecular weight excluding hydrogens is 434 g/mol. The van der Waals surface area contributed by atoms with Gasteiger partial charge in [0, 0.05) is 12.2 Å². The molecule has 0 unspecified atom stereocenters. The largest absolute Gasteiger partial charge is 0.454 e. The van der Waals surface area contributed by atoms with E-state index in [0.717, 1.165) is 11.1 Å². The number of hydrogen-bond acceptors (Lipinski definition) is 6. The number of anilines is 1. The van der Waals surface area contributed by atoms with E-state index in [4.69, 9.17) is 9.47 Å². The maximum absolute atomic E-state index is 13.6. The number of nitrogens with one attached hydrogen (secondary N) is 1. The van der Waals surface area contributed by atoms with Gasteiger partial charge in [-0.15, -0.1) is 0 Å². The third-order valence-corrected chi connectivity index (χ3v) is 5.82. The van der Waals surface area contributed by atoms with Gasteiger partial charge in [-0.3, -0.25) is 19.8 Å². The molecule has 8 heteroatoms. The third-order valence-electron chi connectivity index (χ3n) is 5.82. The molecule has 0 aliphatic carbocycles. The Morgan fingerprint density at radius 2 is 1.71 bits per heavy atom. The SMILES string of the molecule is CC(C)c1ccc(NC(=O)[C@@H](c2cc3c(cc2[N+](=O)[O-])OCO3)N(C)Cc2ccccc2)cc1. The topological polar surface area (TPSA) is 93.9 Å². The van der Waals surface area contributed by atoms with Crippen molar-refractivity contribution in [2.45, 2.75) is 32.4 Å². The molecule has 3 aromatic rings. The van der Waals surface area contributed by atoms with E-state index < -0.39 is 11.0 Å². The summed E-state index contributed by atoms with van der Waals surface area (Å²) in [4.78, 5) is 26.8. The zero-order chi connectivity index (χ0) is 24.2. The second-order valence-corrected chi connectivity index (χ2v) is 8.59. The Balaban J connectivity index is 1.71. The number of nitro benzene ring substituents is 1. The highest BCUT2D eigenvalue weighted by Gasteiger charge is 2.34. The van der Waals surface area contributed by atoms with Crippen LogP contribution in [0.1, 0.15) is 42.5 Å². The Bertz CT molecular complexity index is 1180. The van der Waals surface area contributed by atoms with Crippen LogP contribution in [0.4, 0.5) is 11.4 Å². The van der Waals surface area contributed by atoms with Gasteiger partial charge < -0.3 is 14.8 Å². The molecule has 0 saturated heterocycles. The van der Waals surface area contributed by atoms with Crippen molar-refractivity contribution in [3.63, 3.8) is 0 Å². The number of carbonyl (C=O) groups is 1. The molecule has 4 rings (SSSR count). The minimum atomic E-state index is -0.945. The van der Waals surface area contributed by atoms with Crippen LogP contribution in [0.25, 0.3) is 0 Å². The van der Waals surface area contributed by atoms with Crippen molar-refractivity contribution >= 4 is 17.3 Å². The van der Waals surface area contributed by atoms with E-state index in [1.165, 1.54) is 12.1 Å². The molecule has 8 nitrogen and oxygen atoms in total. The molecule has 0 spiro atoms. The number of nitro groups is 1. The van der Waals surface area contributed by atoms with Crippen LogP contribution in [0.15, 0.2) is 66.7 Å². The van der Waals surface area contributed by atoms with E-state index in [0.29, 0.717) is 29.6 Å². The number of amides is 1. The summed E-state index contributed by atoms with van der Waals surface area (Å²) >= 11 is 0. The summed E-state index contributed by atoms with van der Waals surface area (Å²) in [6.07, 6.45) is 0. The van der Waals surface area contributed by atoms with Crippen LogP contribution in [-0.2, 0) is 11.3 Å². The van der Waals surface area contributed by atoms with Gasteiger partial charge in [0.25, 0.3) is 5.69 Å². The normalized spacial score (nSPS) is 13.2. The van der Waals surface area contributed by atoms with Gasteiger partial charge in [0.2, 0.25) is 12.7 Å². The molecule has 0 fully saturated rings. The summed E-state index contributed by atoms with van der Waals surface area (Å²) in [6.45, 7) is 4.59. The van der Waals surface area contributed by atoms with Crippen LogP contribution in [0.2, 0.25) is 0 Å². The summed E-state index contributed by atoms with van der Waals surface area (Å²) < 4.78 is 10.8. The predicted octanol–water partition coefficient (Wildman–Crippen LogP) is 5.26. The molecule has 176 valence electrons. The standard InChI is InChI=1S/C26H27N3O5/c1-17(2)19-9-11-20(12-10-19)27-26(30)25(28(3)15-18-7-5-4-6-8-18)21-13-23-24(34-16-33-23)14-22(21)29(31)32/h4-14,17,25H,15-16H2,1-3H3,(H,27,30)/t25-/m1/s1. The number of rotatable bonds is 8. The first-order valence-corrected chi connectivity index (χ1v) is 11.1. The molecule has 0 saturated carbocycles. The first-order valence-electron chi connectivity index (χ1n) is 11.1. The second-order valence-electron chi connectivity index (χ2n) is 8.59. The molecule has 1 aliphatic rings. The van der Waals surface area contributed by atoms with Crippen LogP contribution < -0.4 is 14.8 Å². The zero-order valence-corrected chi connectivity index (χ0v) is 19.4. The van der Waals surface area contributed by atoms with Crippen molar-refractivity contribution in [3.05, 3.63) is 93.5 Å².